The number of rotatable bonds is 2. The molecule has 33 heavy (non-hydrogen) atoms. The van der Waals surface area contributed by atoms with E-state index in [1.807, 2.05) is 0 Å². The van der Waals surface area contributed by atoms with Gasteiger partial charge in [-0.3, -0.25) is 4.79 Å². The largest absolute Gasteiger partial charge is 0.481 e. The number of hydrogen-bond donors (Lipinski definition) is 2. The molecule has 5 saturated carbocycles. The second-order valence-corrected chi connectivity index (χ2v) is 14.5. The molecule has 5 fully saturated rings. The Morgan fingerprint density at radius 1 is 0.818 bits per heavy atom. The predicted molar refractivity (Wildman–Crippen MR) is 133 cm³/mol. The molecule has 0 aromatic carbocycles. The molecule has 5 rings (SSSR count). The van der Waals surface area contributed by atoms with Crippen molar-refractivity contribution in [2.45, 2.75) is 112 Å². The normalized spacial score (nSPS) is 55.0. The van der Waals surface area contributed by atoms with Crippen LogP contribution in [-0.2, 0) is 4.79 Å². The lowest BCUT2D eigenvalue weighted by Gasteiger charge is -2.72. The van der Waals surface area contributed by atoms with Crippen molar-refractivity contribution in [3.63, 3.8) is 0 Å². The summed E-state index contributed by atoms with van der Waals surface area (Å²) in [5.41, 5.74) is 1.35. The van der Waals surface area contributed by atoms with Gasteiger partial charge in [-0.25, -0.2) is 0 Å². The van der Waals surface area contributed by atoms with E-state index < -0.39 is 11.4 Å². The van der Waals surface area contributed by atoms with Crippen molar-refractivity contribution in [3.8, 4) is 0 Å². The molecule has 0 heterocycles. The molecule has 0 bridgehead atoms. The second kappa shape index (κ2) is 7.11. The number of carboxylic acid groups (broad SMARTS) is 1. The molecule has 0 aromatic rings. The van der Waals surface area contributed by atoms with Crippen LogP contribution < -0.4 is 0 Å². The monoisotopic (exact) mass is 456 g/mol. The number of carboxylic acids is 1. The number of aliphatic hydroxyl groups is 1. The molecule has 186 valence electrons. The zero-order valence-corrected chi connectivity index (χ0v) is 22.0. The molecular formula is C30H48O3. The third kappa shape index (κ3) is 2.75. The maximum Gasteiger partial charge on any atom is 0.309 e. The van der Waals surface area contributed by atoms with Crippen LogP contribution in [0, 0.1) is 56.7 Å². The fourth-order valence-corrected chi connectivity index (χ4v) is 11.5. The molecule has 5 aliphatic rings. The van der Waals surface area contributed by atoms with Crippen LogP contribution in [0.15, 0.2) is 12.2 Å². The van der Waals surface area contributed by atoms with Crippen LogP contribution in [0.3, 0.4) is 0 Å². The second-order valence-electron chi connectivity index (χ2n) is 14.5. The molecule has 2 N–H and O–H groups in total. The number of fused-ring (bicyclic) bond motifs is 7. The van der Waals surface area contributed by atoms with E-state index in [1.165, 1.54) is 31.3 Å². The lowest BCUT2D eigenvalue weighted by molar-refractivity contribution is -0.248. The first-order valence-corrected chi connectivity index (χ1v) is 13.8. The summed E-state index contributed by atoms with van der Waals surface area (Å²) in [6, 6.07) is 0. The van der Waals surface area contributed by atoms with Crippen molar-refractivity contribution >= 4 is 5.97 Å². The van der Waals surface area contributed by atoms with E-state index in [-0.39, 0.29) is 33.7 Å². The fourth-order valence-electron chi connectivity index (χ4n) is 11.5. The topological polar surface area (TPSA) is 57.5 Å². The van der Waals surface area contributed by atoms with Gasteiger partial charge in [-0.1, -0.05) is 46.8 Å². The van der Waals surface area contributed by atoms with Gasteiger partial charge in [0, 0.05) is 0 Å². The van der Waals surface area contributed by atoms with Crippen LogP contribution in [0.2, 0.25) is 0 Å². The lowest BCUT2D eigenvalue weighted by Crippen LogP contribution is -2.67. The van der Waals surface area contributed by atoms with E-state index in [1.54, 1.807) is 0 Å². The lowest BCUT2D eigenvalue weighted by atomic mass is 9.32. The Morgan fingerprint density at radius 3 is 2.15 bits per heavy atom. The Kier molecular flexibility index (Phi) is 5.15. The van der Waals surface area contributed by atoms with E-state index in [0.29, 0.717) is 23.7 Å². The predicted octanol–water partition coefficient (Wildman–Crippen LogP) is 7.09. The van der Waals surface area contributed by atoms with Crippen molar-refractivity contribution < 1.29 is 15.0 Å². The quantitative estimate of drug-likeness (QED) is 0.436. The molecule has 0 amide bonds. The van der Waals surface area contributed by atoms with E-state index in [4.69, 9.17) is 0 Å². The number of carbonyl (C=O) groups is 1. The highest BCUT2D eigenvalue weighted by molar-refractivity contribution is 5.76. The van der Waals surface area contributed by atoms with Gasteiger partial charge in [0.1, 0.15) is 0 Å². The van der Waals surface area contributed by atoms with Gasteiger partial charge < -0.3 is 10.2 Å². The maximum absolute atomic E-state index is 12.8. The zero-order chi connectivity index (χ0) is 24.2. The molecule has 5 aliphatic carbocycles. The fraction of sp³-hybridized carbons (Fsp3) is 0.900. The number of aliphatic hydroxyl groups excluding tert-OH is 1. The Labute approximate surface area is 201 Å². The van der Waals surface area contributed by atoms with Crippen LogP contribution in [0.1, 0.15) is 106 Å². The molecule has 0 radical (unpaired) electrons. The first-order valence-electron chi connectivity index (χ1n) is 13.8. The van der Waals surface area contributed by atoms with Crippen molar-refractivity contribution in [3.05, 3.63) is 12.2 Å². The van der Waals surface area contributed by atoms with Gasteiger partial charge in [-0.05, 0) is 122 Å². The Hall–Kier alpha value is -0.830. The summed E-state index contributed by atoms with van der Waals surface area (Å²) in [5, 5.41) is 21.4. The van der Waals surface area contributed by atoms with Crippen LogP contribution in [0.25, 0.3) is 0 Å². The average Bonchev–Trinajstić information content (AvgIpc) is 3.13. The first-order chi connectivity index (χ1) is 15.3. The smallest absolute Gasteiger partial charge is 0.309 e. The van der Waals surface area contributed by atoms with E-state index in [0.717, 1.165) is 38.5 Å². The zero-order valence-electron chi connectivity index (χ0n) is 22.0. The standard InChI is InChI=1S/C30H48O3/c1-18(2)19-10-15-30(25(32)33)17-16-28(6)20(24(19)30)8-9-22-27(5)13-12-23(31)26(3,4)21(27)11-14-29(22,28)7/h19-24,31H,1,8-17H2,2-7H3,(H,32,33)/t19-,20+,21-,22-,23+,24-,27-,28-,29+,30-/m0/s1. The Bertz CT molecular complexity index is 861. The molecule has 3 heteroatoms. The SMILES string of the molecule is C=C(C)[C@@H]1CC[C@]2(C(=O)O)CC[C@@]3(C)[C@H](CC[C@H]4[C@@]5(C)CC[C@@H](O)C(C)(C)[C@@H]5CC[C@]43C)[C@H]12. The van der Waals surface area contributed by atoms with Crippen molar-refractivity contribution in [1.29, 1.82) is 0 Å². The summed E-state index contributed by atoms with van der Waals surface area (Å²) < 4.78 is 0. The Balaban J connectivity index is 1.57. The molecular weight excluding hydrogens is 408 g/mol. The molecule has 0 aliphatic heterocycles. The minimum absolute atomic E-state index is 0.0202. The number of hydrogen-bond acceptors (Lipinski definition) is 2. The molecule has 0 spiro atoms. The van der Waals surface area contributed by atoms with Crippen molar-refractivity contribution in [2.75, 3.05) is 0 Å². The summed E-state index contributed by atoms with van der Waals surface area (Å²) >= 11 is 0. The highest BCUT2D eigenvalue weighted by Crippen LogP contribution is 2.77. The number of allylic oxidation sites excluding steroid dienone is 1. The average molecular weight is 457 g/mol. The van der Waals surface area contributed by atoms with E-state index in [9.17, 15) is 15.0 Å². The van der Waals surface area contributed by atoms with Gasteiger partial charge in [0.2, 0.25) is 0 Å². The molecule has 0 aromatic heterocycles. The van der Waals surface area contributed by atoms with E-state index in [2.05, 4.69) is 48.1 Å². The van der Waals surface area contributed by atoms with Crippen LogP contribution >= 0.6 is 0 Å². The summed E-state index contributed by atoms with van der Waals surface area (Å²) in [6.45, 7) is 18.8. The molecule has 3 nitrogen and oxygen atoms in total. The highest BCUT2D eigenvalue weighted by Gasteiger charge is 2.71. The highest BCUT2D eigenvalue weighted by atomic mass is 16.4. The molecule has 0 saturated heterocycles. The van der Waals surface area contributed by atoms with Gasteiger partial charge in [-0.15, -0.1) is 0 Å². The van der Waals surface area contributed by atoms with Gasteiger partial charge in [0.15, 0.2) is 0 Å². The first kappa shape index (κ1) is 23.9. The third-order valence-corrected chi connectivity index (χ3v) is 13.5. The summed E-state index contributed by atoms with van der Waals surface area (Å²) in [5.74, 6) is 1.79. The van der Waals surface area contributed by atoms with Crippen LogP contribution in [0.4, 0.5) is 0 Å². The van der Waals surface area contributed by atoms with Gasteiger partial charge in [0.25, 0.3) is 0 Å². The summed E-state index contributed by atoms with van der Waals surface area (Å²) in [7, 11) is 0. The third-order valence-electron chi connectivity index (χ3n) is 13.5. The minimum Gasteiger partial charge on any atom is -0.481 e. The molecule has 0 unspecified atom stereocenters. The van der Waals surface area contributed by atoms with Gasteiger partial charge in [0.05, 0.1) is 11.5 Å². The van der Waals surface area contributed by atoms with Gasteiger partial charge >= 0.3 is 5.97 Å². The summed E-state index contributed by atoms with van der Waals surface area (Å²) in [6.07, 6.45) is 10.5. The van der Waals surface area contributed by atoms with Crippen molar-refractivity contribution in [2.24, 2.45) is 56.7 Å². The van der Waals surface area contributed by atoms with Crippen LogP contribution in [0.5, 0.6) is 0 Å². The van der Waals surface area contributed by atoms with Crippen LogP contribution in [-0.4, -0.2) is 22.3 Å². The maximum atomic E-state index is 12.8. The van der Waals surface area contributed by atoms with Crippen molar-refractivity contribution in [1.82, 2.24) is 0 Å². The summed E-state index contributed by atoms with van der Waals surface area (Å²) in [4.78, 5) is 12.8. The minimum atomic E-state index is -0.538. The molecule has 10 atom stereocenters. The number of aliphatic carboxylic acids is 1. The Morgan fingerprint density at radius 2 is 1.52 bits per heavy atom. The van der Waals surface area contributed by atoms with Gasteiger partial charge in [-0.2, -0.15) is 0 Å². The van der Waals surface area contributed by atoms with E-state index >= 15 is 0 Å².